The number of hydrogen-bond donors (Lipinski definition) is 3. The summed E-state index contributed by atoms with van der Waals surface area (Å²) >= 11 is 0. The fourth-order valence-electron chi connectivity index (χ4n) is 4.79. The van der Waals surface area contributed by atoms with Crippen LogP contribution in [0.25, 0.3) is 5.57 Å². The third-order valence-electron chi connectivity index (χ3n) is 6.26. The topological polar surface area (TPSA) is 55.7 Å². The van der Waals surface area contributed by atoms with Gasteiger partial charge in [-0.05, 0) is 37.1 Å². The number of aryl methyl sites for hydroxylation is 1. The second-order valence-corrected chi connectivity index (χ2v) is 8.20. The monoisotopic (exact) mass is 398 g/mol. The van der Waals surface area contributed by atoms with Crippen LogP contribution in [0.15, 0.2) is 66.9 Å². The second-order valence-electron chi connectivity index (χ2n) is 8.20. The molecule has 4 nitrogen and oxygen atoms in total. The predicted octanol–water partition coefficient (Wildman–Crippen LogP) is 5.74. The smallest absolute Gasteiger partial charge is 0.139 e. The maximum absolute atomic E-state index is 11.1. The summed E-state index contributed by atoms with van der Waals surface area (Å²) in [7, 11) is 0. The first kappa shape index (κ1) is 18.6. The molecule has 0 saturated carbocycles. The first-order chi connectivity index (χ1) is 14.6. The van der Waals surface area contributed by atoms with Gasteiger partial charge in [-0.2, -0.15) is 0 Å². The third kappa shape index (κ3) is 2.53. The van der Waals surface area contributed by atoms with Crippen molar-refractivity contribution in [3.05, 3.63) is 89.1 Å². The number of phenolic OH excluding ortho intramolecular Hbond substituents is 2. The molecular weight excluding hydrogens is 372 g/mol. The normalized spacial score (nSPS) is 18.9. The van der Waals surface area contributed by atoms with E-state index in [0.717, 1.165) is 41.8 Å². The number of hydrogen-bond acceptors (Lipinski definition) is 4. The molecular formula is C26H26N2O2. The van der Waals surface area contributed by atoms with Gasteiger partial charge in [0.25, 0.3) is 0 Å². The van der Waals surface area contributed by atoms with Crippen LogP contribution >= 0.6 is 0 Å². The number of rotatable bonds is 4. The number of unbranched alkanes of at least 4 members (excludes halogenated alkanes) is 1. The van der Waals surface area contributed by atoms with Crippen molar-refractivity contribution in [2.45, 2.75) is 32.2 Å². The fraction of sp³-hybridized carbons (Fsp3) is 0.231. The van der Waals surface area contributed by atoms with Gasteiger partial charge in [0.1, 0.15) is 17.0 Å². The molecule has 4 heteroatoms. The van der Waals surface area contributed by atoms with E-state index in [-0.39, 0.29) is 11.5 Å². The van der Waals surface area contributed by atoms with Crippen molar-refractivity contribution in [1.82, 2.24) is 0 Å². The van der Waals surface area contributed by atoms with E-state index in [0.29, 0.717) is 11.3 Å². The molecule has 1 atom stereocenters. The first-order valence-corrected chi connectivity index (χ1v) is 10.6. The molecule has 0 amide bonds. The molecule has 0 radical (unpaired) electrons. The Kier molecular flexibility index (Phi) is 4.24. The van der Waals surface area contributed by atoms with E-state index in [4.69, 9.17) is 0 Å². The summed E-state index contributed by atoms with van der Waals surface area (Å²) < 4.78 is 0. The van der Waals surface area contributed by atoms with Gasteiger partial charge in [-0.3, -0.25) is 0 Å². The highest BCUT2D eigenvalue weighted by atomic mass is 16.3. The highest BCUT2D eigenvalue weighted by Gasteiger charge is 2.51. The van der Waals surface area contributed by atoms with E-state index < -0.39 is 5.54 Å². The Morgan fingerprint density at radius 3 is 2.43 bits per heavy atom. The third-order valence-corrected chi connectivity index (χ3v) is 6.26. The molecule has 5 rings (SSSR count). The van der Waals surface area contributed by atoms with Crippen LogP contribution in [-0.2, 0) is 5.54 Å². The van der Waals surface area contributed by atoms with Crippen molar-refractivity contribution in [1.29, 1.82) is 0 Å². The fourth-order valence-corrected chi connectivity index (χ4v) is 4.79. The summed E-state index contributed by atoms with van der Waals surface area (Å²) in [5.74, 6) is 0.356. The number of phenols is 2. The Morgan fingerprint density at radius 1 is 0.933 bits per heavy atom. The number of nitrogens with zero attached hydrogens (tertiary/aromatic N) is 1. The Morgan fingerprint density at radius 2 is 1.67 bits per heavy atom. The number of aromatic hydroxyl groups is 2. The molecule has 152 valence electrons. The van der Waals surface area contributed by atoms with Crippen LogP contribution in [0.2, 0.25) is 0 Å². The molecule has 2 aliphatic heterocycles. The van der Waals surface area contributed by atoms with E-state index in [2.05, 4.69) is 66.7 Å². The Bertz CT molecular complexity index is 1150. The molecule has 0 aromatic heterocycles. The molecule has 0 bridgehead atoms. The molecule has 3 aromatic carbocycles. The molecule has 0 fully saturated rings. The summed E-state index contributed by atoms with van der Waals surface area (Å²) in [5.41, 5.74) is 6.06. The molecule has 2 aliphatic rings. The highest BCUT2D eigenvalue weighted by molar-refractivity contribution is 5.99. The van der Waals surface area contributed by atoms with Crippen LogP contribution in [0.5, 0.6) is 11.5 Å². The lowest BCUT2D eigenvalue weighted by Gasteiger charge is -2.42. The van der Waals surface area contributed by atoms with Crippen molar-refractivity contribution >= 4 is 16.9 Å². The van der Waals surface area contributed by atoms with Crippen molar-refractivity contribution < 1.29 is 10.2 Å². The van der Waals surface area contributed by atoms with Crippen molar-refractivity contribution in [3.63, 3.8) is 0 Å². The SMILES string of the molecule is CCCCN1C=C2c3ccccc3NC2(c2ccc(C)cc2)c2c(O)ccc(O)c21. The van der Waals surface area contributed by atoms with Gasteiger partial charge < -0.3 is 20.4 Å². The average molecular weight is 399 g/mol. The number of anilines is 2. The lowest BCUT2D eigenvalue weighted by Crippen LogP contribution is -2.40. The summed E-state index contributed by atoms with van der Waals surface area (Å²) in [6.45, 7) is 5.00. The van der Waals surface area contributed by atoms with Gasteiger partial charge in [-0.1, -0.05) is 61.4 Å². The summed E-state index contributed by atoms with van der Waals surface area (Å²) in [6.07, 6.45) is 4.19. The summed E-state index contributed by atoms with van der Waals surface area (Å²) in [6, 6.07) is 19.8. The number of fused-ring (bicyclic) bond motifs is 5. The van der Waals surface area contributed by atoms with E-state index in [1.165, 1.54) is 5.56 Å². The second kappa shape index (κ2) is 6.84. The Labute approximate surface area is 177 Å². The standard InChI is InChI=1S/C26H26N2O2/c1-3-4-15-28-16-20-19-7-5-6-8-21(19)27-26(20,18-11-9-17(2)10-12-18)24-22(29)13-14-23(30)25(24)28/h5-14,16,27,29-30H,3-4,15H2,1-2H3. The molecule has 0 spiro atoms. The molecule has 3 N–H and O–H groups in total. The number of benzene rings is 3. The van der Waals surface area contributed by atoms with E-state index in [1.54, 1.807) is 12.1 Å². The lowest BCUT2D eigenvalue weighted by molar-refractivity contribution is 0.447. The van der Waals surface area contributed by atoms with Gasteiger partial charge in [0.2, 0.25) is 0 Å². The van der Waals surface area contributed by atoms with Crippen LogP contribution in [0, 0.1) is 6.92 Å². The number of para-hydroxylation sites is 1. The van der Waals surface area contributed by atoms with E-state index in [9.17, 15) is 10.2 Å². The van der Waals surface area contributed by atoms with Crippen LogP contribution in [0.3, 0.4) is 0 Å². The molecule has 0 aliphatic carbocycles. The van der Waals surface area contributed by atoms with Gasteiger partial charge in [0, 0.05) is 29.6 Å². The summed E-state index contributed by atoms with van der Waals surface area (Å²) in [5, 5.41) is 25.7. The highest BCUT2D eigenvalue weighted by Crippen LogP contribution is 2.60. The van der Waals surface area contributed by atoms with Gasteiger partial charge >= 0.3 is 0 Å². The van der Waals surface area contributed by atoms with Gasteiger partial charge in [-0.25, -0.2) is 0 Å². The van der Waals surface area contributed by atoms with Crippen molar-refractivity contribution in [3.8, 4) is 11.5 Å². The Hall–Kier alpha value is -3.40. The lowest BCUT2D eigenvalue weighted by atomic mass is 9.73. The largest absolute Gasteiger partial charge is 0.507 e. The van der Waals surface area contributed by atoms with Crippen LogP contribution in [-0.4, -0.2) is 16.8 Å². The minimum Gasteiger partial charge on any atom is -0.507 e. The van der Waals surface area contributed by atoms with Gasteiger partial charge in [0.05, 0.1) is 11.3 Å². The molecule has 3 aromatic rings. The Balaban J connectivity index is 1.85. The minimum absolute atomic E-state index is 0.177. The van der Waals surface area contributed by atoms with E-state index >= 15 is 0 Å². The minimum atomic E-state index is -0.766. The van der Waals surface area contributed by atoms with Crippen LogP contribution in [0.1, 0.15) is 42.0 Å². The molecule has 30 heavy (non-hydrogen) atoms. The average Bonchev–Trinajstić information content (AvgIpc) is 3.09. The van der Waals surface area contributed by atoms with Crippen LogP contribution in [0.4, 0.5) is 11.4 Å². The maximum atomic E-state index is 11.1. The zero-order valence-corrected chi connectivity index (χ0v) is 17.3. The first-order valence-electron chi connectivity index (χ1n) is 10.6. The maximum Gasteiger partial charge on any atom is 0.139 e. The predicted molar refractivity (Wildman–Crippen MR) is 122 cm³/mol. The van der Waals surface area contributed by atoms with Crippen molar-refractivity contribution in [2.75, 3.05) is 16.8 Å². The van der Waals surface area contributed by atoms with Gasteiger partial charge in [-0.15, -0.1) is 0 Å². The molecule has 2 heterocycles. The quantitative estimate of drug-likeness (QED) is 0.491. The molecule has 0 saturated heterocycles. The zero-order valence-electron chi connectivity index (χ0n) is 17.3. The van der Waals surface area contributed by atoms with Crippen molar-refractivity contribution in [2.24, 2.45) is 0 Å². The van der Waals surface area contributed by atoms with E-state index in [1.807, 2.05) is 12.1 Å². The zero-order chi connectivity index (χ0) is 20.9. The van der Waals surface area contributed by atoms with Gasteiger partial charge in [0.15, 0.2) is 0 Å². The molecule has 1 unspecified atom stereocenters. The number of nitrogens with one attached hydrogen (secondary N) is 1. The summed E-state index contributed by atoms with van der Waals surface area (Å²) in [4.78, 5) is 2.10. The van der Waals surface area contributed by atoms with Crippen LogP contribution < -0.4 is 10.2 Å².